The molecule has 1 aromatic rings. The summed E-state index contributed by atoms with van der Waals surface area (Å²) in [6.45, 7) is 0.717. The number of hydrogen-bond acceptors (Lipinski definition) is 3. The second-order valence-electron chi connectivity index (χ2n) is 3.89. The summed E-state index contributed by atoms with van der Waals surface area (Å²) in [7, 11) is 0. The molecule has 0 heterocycles. The van der Waals surface area contributed by atoms with Crippen molar-refractivity contribution >= 4 is 39.4 Å². The van der Waals surface area contributed by atoms with E-state index in [1.54, 1.807) is 0 Å². The van der Waals surface area contributed by atoms with Crippen LogP contribution in [0.4, 0.5) is 0 Å². The van der Waals surface area contributed by atoms with Crippen molar-refractivity contribution in [2.75, 3.05) is 6.54 Å². The quantitative estimate of drug-likeness (QED) is 0.780. The first kappa shape index (κ1) is 14.9. The zero-order chi connectivity index (χ0) is 13.9. The van der Waals surface area contributed by atoms with E-state index in [-0.39, 0.29) is 6.54 Å². The van der Waals surface area contributed by atoms with Crippen LogP contribution in [0, 0.1) is 0 Å². The lowest BCUT2D eigenvalue weighted by Gasteiger charge is -2.18. The number of rotatable bonds is 4. The van der Waals surface area contributed by atoms with Crippen molar-refractivity contribution in [3.05, 3.63) is 33.3 Å². The van der Waals surface area contributed by atoms with E-state index in [1.165, 1.54) is 18.2 Å². The predicted octanol–water partition coefficient (Wildman–Crippen LogP) is 1.67. The van der Waals surface area contributed by atoms with E-state index in [0.717, 1.165) is 6.92 Å². The van der Waals surface area contributed by atoms with Gasteiger partial charge in [0.2, 0.25) is 0 Å². The first-order valence-corrected chi connectivity index (χ1v) is 6.10. The first-order chi connectivity index (χ1) is 8.24. The summed E-state index contributed by atoms with van der Waals surface area (Å²) in [5.74, 6) is -1.89. The molecule has 1 atom stereocenters. The molecule has 0 fully saturated rings. The normalized spacial score (nSPS) is 13.8. The maximum absolute atomic E-state index is 11.7. The highest BCUT2D eigenvalue weighted by atomic mass is 79.9. The number of carboxylic acids is 1. The molecule has 0 saturated heterocycles. The molecule has 0 radical (unpaired) electrons. The molecule has 18 heavy (non-hydrogen) atoms. The van der Waals surface area contributed by atoms with Gasteiger partial charge in [0, 0.05) is 10.0 Å². The molecule has 1 unspecified atom stereocenters. The first-order valence-electron chi connectivity index (χ1n) is 4.93. The van der Waals surface area contributed by atoms with Crippen LogP contribution in [0.1, 0.15) is 17.3 Å². The van der Waals surface area contributed by atoms with Crippen LogP contribution >= 0.6 is 27.5 Å². The molecule has 1 rings (SSSR count). The number of halogens is 2. The highest BCUT2D eigenvalue weighted by molar-refractivity contribution is 9.10. The number of benzene rings is 1. The van der Waals surface area contributed by atoms with Gasteiger partial charge in [0.1, 0.15) is 0 Å². The molecule has 0 bridgehead atoms. The molecule has 0 aliphatic carbocycles. The van der Waals surface area contributed by atoms with Crippen LogP contribution in [0.15, 0.2) is 22.7 Å². The molecule has 0 aromatic heterocycles. The van der Waals surface area contributed by atoms with Gasteiger partial charge in [-0.05, 0) is 41.1 Å². The van der Waals surface area contributed by atoms with Crippen molar-refractivity contribution < 1.29 is 19.8 Å². The lowest BCUT2D eigenvalue weighted by atomic mass is 10.1. The molecule has 98 valence electrons. The molecule has 0 aliphatic heterocycles. The Hall–Kier alpha value is -1.11. The third-order valence-corrected chi connectivity index (χ3v) is 3.45. The minimum Gasteiger partial charge on any atom is -0.479 e. The summed E-state index contributed by atoms with van der Waals surface area (Å²) < 4.78 is 0.557. The van der Waals surface area contributed by atoms with Gasteiger partial charge in [-0.3, -0.25) is 4.79 Å². The highest BCUT2D eigenvalue weighted by Crippen LogP contribution is 2.23. The molecule has 1 aromatic carbocycles. The van der Waals surface area contributed by atoms with Crippen LogP contribution in [0.25, 0.3) is 0 Å². The van der Waals surface area contributed by atoms with Crippen LogP contribution in [0.3, 0.4) is 0 Å². The van der Waals surface area contributed by atoms with Crippen LogP contribution in [0.5, 0.6) is 0 Å². The summed E-state index contributed by atoms with van der Waals surface area (Å²) >= 11 is 8.95. The Morgan fingerprint density at radius 2 is 2.11 bits per heavy atom. The summed E-state index contributed by atoms with van der Waals surface area (Å²) in [5.41, 5.74) is -1.69. The van der Waals surface area contributed by atoms with E-state index in [1.807, 2.05) is 0 Å². The minimum atomic E-state index is -2.00. The average molecular weight is 337 g/mol. The monoisotopic (exact) mass is 335 g/mol. The van der Waals surface area contributed by atoms with E-state index in [2.05, 4.69) is 21.2 Å². The Morgan fingerprint density at radius 1 is 1.50 bits per heavy atom. The van der Waals surface area contributed by atoms with Crippen molar-refractivity contribution in [2.45, 2.75) is 12.5 Å². The molecule has 0 aliphatic rings. The lowest BCUT2D eigenvalue weighted by molar-refractivity contribution is -0.155. The summed E-state index contributed by atoms with van der Waals surface area (Å²) in [6, 6.07) is 4.54. The standard InChI is InChI=1S/C11H11BrClNO4/c1-11(18,10(16)17)5-14-9(15)6-2-3-8(13)7(12)4-6/h2-4,18H,5H2,1H3,(H,14,15)(H,16,17). The van der Waals surface area contributed by atoms with Crippen LogP contribution < -0.4 is 5.32 Å². The third-order valence-electron chi connectivity index (χ3n) is 2.24. The zero-order valence-corrected chi connectivity index (χ0v) is 11.7. The number of amides is 1. The van der Waals surface area contributed by atoms with Crippen LogP contribution in [-0.4, -0.2) is 34.2 Å². The second-order valence-corrected chi connectivity index (χ2v) is 5.15. The molecule has 3 N–H and O–H groups in total. The molecule has 5 nitrogen and oxygen atoms in total. The minimum absolute atomic E-state index is 0.312. The number of nitrogens with one attached hydrogen (secondary N) is 1. The van der Waals surface area contributed by atoms with E-state index < -0.39 is 17.5 Å². The second kappa shape index (κ2) is 5.69. The summed E-state index contributed by atoms with van der Waals surface area (Å²) in [6.07, 6.45) is 0. The number of carbonyl (C=O) groups excluding carboxylic acids is 1. The van der Waals surface area contributed by atoms with E-state index in [9.17, 15) is 14.7 Å². The summed E-state index contributed by atoms with van der Waals surface area (Å²) in [4.78, 5) is 22.3. The maximum atomic E-state index is 11.7. The average Bonchev–Trinajstić information content (AvgIpc) is 2.29. The van der Waals surface area contributed by atoms with E-state index in [4.69, 9.17) is 16.7 Å². The largest absolute Gasteiger partial charge is 0.479 e. The fraction of sp³-hybridized carbons (Fsp3) is 0.273. The Labute approximate surface area is 117 Å². The number of carbonyl (C=O) groups is 2. The molecule has 1 amide bonds. The topological polar surface area (TPSA) is 86.6 Å². The van der Waals surface area contributed by atoms with Crippen molar-refractivity contribution in [1.82, 2.24) is 5.32 Å². The zero-order valence-electron chi connectivity index (χ0n) is 9.41. The van der Waals surface area contributed by atoms with Gasteiger partial charge in [0.15, 0.2) is 5.60 Å². The van der Waals surface area contributed by atoms with Gasteiger partial charge >= 0.3 is 5.97 Å². The van der Waals surface area contributed by atoms with Gasteiger partial charge in [-0.1, -0.05) is 11.6 Å². The number of carboxylic acid groups (broad SMARTS) is 1. The molecule has 0 spiro atoms. The van der Waals surface area contributed by atoms with E-state index in [0.29, 0.717) is 15.1 Å². The van der Waals surface area contributed by atoms with Crippen molar-refractivity contribution in [3.63, 3.8) is 0 Å². The van der Waals surface area contributed by atoms with Gasteiger partial charge in [0.25, 0.3) is 5.91 Å². The van der Waals surface area contributed by atoms with Crippen molar-refractivity contribution in [3.8, 4) is 0 Å². The van der Waals surface area contributed by atoms with Gasteiger partial charge in [-0.15, -0.1) is 0 Å². The van der Waals surface area contributed by atoms with Crippen molar-refractivity contribution in [2.24, 2.45) is 0 Å². The van der Waals surface area contributed by atoms with Gasteiger partial charge in [-0.2, -0.15) is 0 Å². The van der Waals surface area contributed by atoms with Gasteiger partial charge in [-0.25, -0.2) is 4.79 Å². The summed E-state index contributed by atoms with van der Waals surface area (Å²) in [5, 5.41) is 20.9. The molecule has 0 saturated carbocycles. The van der Waals surface area contributed by atoms with Crippen LogP contribution in [-0.2, 0) is 4.79 Å². The van der Waals surface area contributed by atoms with Gasteiger partial charge < -0.3 is 15.5 Å². The third kappa shape index (κ3) is 3.69. The highest BCUT2D eigenvalue weighted by Gasteiger charge is 2.30. The van der Waals surface area contributed by atoms with Crippen LogP contribution in [0.2, 0.25) is 5.02 Å². The number of aliphatic carboxylic acids is 1. The SMILES string of the molecule is CC(O)(CNC(=O)c1ccc(Cl)c(Br)c1)C(=O)O. The Morgan fingerprint density at radius 3 is 2.61 bits per heavy atom. The Balaban J connectivity index is 2.72. The maximum Gasteiger partial charge on any atom is 0.337 e. The molecular formula is C11H11BrClNO4. The Bertz CT molecular complexity index is 490. The lowest BCUT2D eigenvalue weighted by Crippen LogP contribution is -2.46. The smallest absolute Gasteiger partial charge is 0.337 e. The fourth-order valence-corrected chi connectivity index (χ4v) is 1.56. The predicted molar refractivity (Wildman–Crippen MR) is 69.7 cm³/mol. The van der Waals surface area contributed by atoms with Gasteiger partial charge in [0.05, 0.1) is 11.6 Å². The van der Waals surface area contributed by atoms with Crippen molar-refractivity contribution in [1.29, 1.82) is 0 Å². The van der Waals surface area contributed by atoms with E-state index >= 15 is 0 Å². The Kier molecular flexibility index (Phi) is 4.72. The molecular weight excluding hydrogens is 325 g/mol. The molecule has 7 heteroatoms. The number of aliphatic hydroxyl groups is 1. The fourth-order valence-electron chi connectivity index (χ4n) is 1.07. The number of hydrogen-bond donors (Lipinski definition) is 3.